The second-order valence-corrected chi connectivity index (χ2v) is 7.30. The van der Waals surface area contributed by atoms with Crippen LogP contribution in [0.1, 0.15) is 37.7 Å². The van der Waals surface area contributed by atoms with Crippen molar-refractivity contribution < 1.29 is 14.7 Å². The first-order valence-electron chi connectivity index (χ1n) is 9.02. The zero-order chi connectivity index (χ0) is 16.7. The van der Waals surface area contributed by atoms with Gasteiger partial charge in [0.2, 0.25) is 5.91 Å². The molecule has 0 radical (unpaired) electrons. The molecule has 5 heteroatoms. The van der Waals surface area contributed by atoms with Crippen LogP contribution in [-0.2, 0) is 16.0 Å². The first-order chi connectivity index (χ1) is 11.6. The molecule has 1 saturated heterocycles. The summed E-state index contributed by atoms with van der Waals surface area (Å²) in [6, 6.07) is 7.78. The summed E-state index contributed by atoms with van der Waals surface area (Å²) >= 11 is 0. The Morgan fingerprint density at radius 3 is 2.79 bits per heavy atom. The van der Waals surface area contributed by atoms with Gasteiger partial charge in [0.1, 0.15) is 6.04 Å². The van der Waals surface area contributed by atoms with Crippen LogP contribution in [0.25, 0.3) is 0 Å². The Bertz CT molecular complexity index is 660. The number of rotatable bonds is 3. The van der Waals surface area contributed by atoms with Crippen LogP contribution in [0.3, 0.4) is 0 Å². The summed E-state index contributed by atoms with van der Waals surface area (Å²) in [4.78, 5) is 28.4. The minimum absolute atomic E-state index is 0.0393. The fourth-order valence-electron chi connectivity index (χ4n) is 4.86. The lowest BCUT2D eigenvalue weighted by atomic mass is 9.85. The average molecular weight is 328 g/mol. The molecule has 2 heterocycles. The third-order valence-corrected chi connectivity index (χ3v) is 6.01. The SMILES string of the molecule is O=C(O)[C@@H]1C[C@H]2CCCC[C@H]2N1CC(=O)N1CCc2ccccc21. The minimum atomic E-state index is -0.779. The fraction of sp³-hybridized carbons (Fsp3) is 0.579. The maximum atomic E-state index is 12.9. The van der Waals surface area contributed by atoms with Crippen LogP contribution in [0, 0.1) is 5.92 Å². The maximum Gasteiger partial charge on any atom is 0.320 e. The highest BCUT2D eigenvalue weighted by Crippen LogP contribution is 2.40. The molecule has 0 spiro atoms. The van der Waals surface area contributed by atoms with Gasteiger partial charge in [-0.1, -0.05) is 31.0 Å². The summed E-state index contributed by atoms with van der Waals surface area (Å²) < 4.78 is 0. The Kier molecular flexibility index (Phi) is 4.04. The van der Waals surface area contributed by atoms with Crippen LogP contribution >= 0.6 is 0 Å². The molecule has 0 bridgehead atoms. The zero-order valence-corrected chi connectivity index (χ0v) is 13.9. The van der Waals surface area contributed by atoms with E-state index in [1.165, 1.54) is 12.0 Å². The number of likely N-dealkylation sites (tertiary alicyclic amines) is 1. The third kappa shape index (κ3) is 2.61. The Morgan fingerprint density at radius 1 is 1.17 bits per heavy atom. The van der Waals surface area contributed by atoms with Gasteiger partial charge < -0.3 is 10.0 Å². The van der Waals surface area contributed by atoms with E-state index < -0.39 is 12.0 Å². The quantitative estimate of drug-likeness (QED) is 0.925. The maximum absolute atomic E-state index is 12.9. The van der Waals surface area contributed by atoms with Crippen LogP contribution in [0.15, 0.2) is 24.3 Å². The zero-order valence-electron chi connectivity index (χ0n) is 13.9. The summed E-state index contributed by atoms with van der Waals surface area (Å²) in [5.74, 6) is -0.296. The second kappa shape index (κ2) is 6.20. The first-order valence-corrected chi connectivity index (χ1v) is 9.02. The highest BCUT2D eigenvalue weighted by Gasteiger charge is 2.46. The van der Waals surface area contributed by atoms with Gasteiger partial charge in [0.25, 0.3) is 0 Å². The van der Waals surface area contributed by atoms with E-state index >= 15 is 0 Å². The average Bonchev–Trinajstić information content (AvgIpc) is 3.17. The van der Waals surface area contributed by atoms with E-state index in [1.54, 1.807) is 0 Å². The van der Waals surface area contributed by atoms with Crippen molar-refractivity contribution in [1.82, 2.24) is 4.90 Å². The molecule has 1 aromatic rings. The lowest BCUT2D eigenvalue weighted by Crippen LogP contribution is -2.48. The number of nitrogens with zero attached hydrogens (tertiary/aromatic N) is 2. The number of carbonyl (C=O) groups excluding carboxylic acids is 1. The molecule has 4 rings (SSSR count). The lowest BCUT2D eigenvalue weighted by Gasteiger charge is -2.33. The van der Waals surface area contributed by atoms with Gasteiger partial charge in [-0.15, -0.1) is 0 Å². The van der Waals surface area contributed by atoms with Gasteiger partial charge in [0, 0.05) is 18.3 Å². The van der Waals surface area contributed by atoms with Crippen LogP contribution in [0.2, 0.25) is 0 Å². The van der Waals surface area contributed by atoms with Gasteiger partial charge in [-0.2, -0.15) is 0 Å². The summed E-state index contributed by atoms with van der Waals surface area (Å²) in [5, 5.41) is 9.60. The molecule has 2 aliphatic heterocycles. The molecule has 1 N–H and O–H groups in total. The molecular formula is C19H24N2O3. The summed E-state index contributed by atoms with van der Waals surface area (Å²) in [7, 11) is 0. The summed E-state index contributed by atoms with van der Waals surface area (Å²) in [5.41, 5.74) is 2.20. The molecule has 3 aliphatic rings. The molecule has 5 nitrogen and oxygen atoms in total. The van der Waals surface area contributed by atoms with E-state index in [9.17, 15) is 14.7 Å². The minimum Gasteiger partial charge on any atom is -0.480 e. The Morgan fingerprint density at radius 2 is 1.96 bits per heavy atom. The van der Waals surface area contributed by atoms with Gasteiger partial charge in [-0.05, 0) is 43.2 Å². The van der Waals surface area contributed by atoms with Crippen molar-refractivity contribution >= 4 is 17.6 Å². The molecule has 1 amide bonds. The number of anilines is 1. The van der Waals surface area contributed by atoms with Crippen molar-refractivity contribution in [3.8, 4) is 0 Å². The monoisotopic (exact) mass is 328 g/mol. The fourth-order valence-corrected chi connectivity index (χ4v) is 4.86. The molecule has 0 unspecified atom stereocenters. The first kappa shape index (κ1) is 15.6. The molecule has 1 aromatic carbocycles. The second-order valence-electron chi connectivity index (χ2n) is 7.30. The number of hydrogen-bond donors (Lipinski definition) is 1. The number of fused-ring (bicyclic) bond motifs is 2. The summed E-state index contributed by atoms with van der Waals surface area (Å²) in [6.07, 6.45) is 6.05. The number of benzene rings is 1. The highest BCUT2D eigenvalue weighted by molar-refractivity contribution is 5.97. The predicted molar refractivity (Wildman–Crippen MR) is 91.0 cm³/mol. The Balaban J connectivity index is 1.53. The topological polar surface area (TPSA) is 60.9 Å². The van der Waals surface area contributed by atoms with Gasteiger partial charge in [0.05, 0.1) is 6.54 Å². The Hall–Kier alpha value is -1.88. The van der Waals surface area contributed by atoms with Crippen molar-refractivity contribution in [3.05, 3.63) is 29.8 Å². The van der Waals surface area contributed by atoms with Crippen LogP contribution < -0.4 is 4.90 Å². The summed E-state index contributed by atoms with van der Waals surface area (Å²) in [6.45, 7) is 0.935. The highest BCUT2D eigenvalue weighted by atomic mass is 16.4. The molecule has 3 atom stereocenters. The molecule has 2 fully saturated rings. The van der Waals surface area contributed by atoms with Gasteiger partial charge in [-0.25, -0.2) is 0 Å². The molecular weight excluding hydrogens is 304 g/mol. The normalized spacial score (nSPS) is 29.3. The standard InChI is InChI=1S/C19H24N2O3/c22-18(20-10-9-13-5-1-3-7-15(13)20)12-21-16-8-4-2-6-14(16)11-17(21)19(23)24/h1,3,5,7,14,16-17H,2,4,6,8-12H2,(H,23,24)/t14-,16-,17+/m1/s1. The van der Waals surface area contributed by atoms with E-state index in [1.807, 2.05) is 28.0 Å². The largest absolute Gasteiger partial charge is 0.480 e. The number of carbonyl (C=O) groups is 2. The van der Waals surface area contributed by atoms with Crippen LogP contribution in [0.5, 0.6) is 0 Å². The van der Waals surface area contributed by atoms with Gasteiger partial charge in [-0.3, -0.25) is 14.5 Å². The van der Waals surface area contributed by atoms with E-state index in [0.717, 1.165) is 31.4 Å². The van der Waals surface area contributed by atoms with Gasteiger partial charge >= 0.3 is 5.97 Å². The molecule has 128 valence electrons. The van der Waals surface area contributed by atoms with Crippen molar-refractivity contribution in [2.75, 3.05) is 18.0 Å². The van der Waals surface area contributed by atoms with Crippen molar-refractivity contribution in [1.29, 1.82) is 0 Å². The number of amides is 1. The van der Waals surface area contributed by atoms with E-state index in [-0.39, 0.29) is 18.5 Å². The molecule has 0 aromatic heterocycles. The number of carboxylic acids is 1. The van der Waals surface area contributed by atoms with Crippen molar-refractivity contribution in [2.24, 2.45) is 5.92 Å². The van der Waals surface area contributed by atoms with Crippen molar-refractivity contribution in [2.45, 2.75) is 50.6 Å². The lowest BCUT2D eigenvalue weighted by molar-refractivity contribution is -0.143. The smallest absolute Gasteiger partial charge is 0.320 e. The number of aliphatic carboxylic acids is 1. The van der Waals surface area contributed by atoms with E-state index in [0.29, 0.717) is 18.9 Å². The molecule has 1 saturated carbocycles. The number of carboxylic acid groups (broad SMARTS) is 1. The number of hydrogen-bond acceptors (Lipinski definition) is 3. The number of para-hydroxylation sites is 1. The Labute approximate surface area is 142 Å². The van der Waals surface area contributed by atoms with E-state index in [4.69, 9.17) is 0 Å². The van der Waals surface area contributed by atoms with Crippen LogP contribution in [-0.4, -0.2) is 47.1 Å². The van der Waals surface area contributed by atoms with Crippen molar-refractivity contribution in [3.63, 3.8) is 0 Å². The predicted octanol–water partition coefficient (Wildman–Crippen LogP) is 2.29. The molecule has 24 heavy (non-hydrogen) atoms. The third-order valence-electron chi connectivity index (χ3n) is 6.01. The van der Waals surface area contributed by atoms with Crippen LogP contribution in [0.4, 0.5) is 5.69 Å². The molecule has 1 aliphatic carbocycles. The van der Waals surface area contributed by atoms with E-state index in [2.05, 4.69) is 6.07 Å². The van der Waals surface area contributed by atoms with Gasteiger partial charge in [0.15, 0.2) is 0 Å².